The molecule has 5 heteroatoms. The average molecular weight is 375 g/mol. The van der Waals surface area contributed by atoms with Crippen LogP contribution >= 0.6 is 11.3 Å². The molecule has 136 valence electrons. The Labute approximate surface area is 162 Å². The minimum atomic E-state index is 0.137. The summed E-state index contributed by atoms with van der Waals surface area (Å²) in [7, 11) is 2.00. The molecular weight excluding hydrogens is 354 g/mol. The van der Waals surface area contributed by atoms with E-state index in [-0.39, 0.29) is 5.91 Å². The van der Waals surface area contributed by atoms with E-state index in [1.165, 1.54) is 4.70 Å². The van der Waals surface area contributed by atoms with E-state index >= 15 is 0 Å². The molecule has 4 nitrogen and oxygen atoms in total. The van der Waals surface area contributed by atoms with Crippen molar-refractivity contribution in [2.24, 2.45) is 7.05 Å². The number of fused-ring (bicyclic) bond motifs is 2. The van der Waals surface area contributed by atoms with Gasteiger partial charge in [-0.3, -0.25) is 4.79 Å². The Bertz CT molecular complexity index is 1110. The molecule has 1 fully saturated rings. The average Bonchev–Trinajstić information content (AvgIpc) is 3.29. The van der Waals surface area contributed by atoms with E-state index in [1.807, 2.05) is 47.0 Å². The van der Waals surface area contributed by atoms with Gasteiger partial charge in [-0.15, -0.1) is 11.3 Å². The van der Waals surface area contributed by atoms with Crippen LogP contribution in [0.3, 0.4) is 0 Å². The molecule has 0 aliphatic carbocycles. The van der Waals surface area contributed by atoms with E-state index in [0.717, 1.165) is 52.9 Å². The maximum absolute atomic E-state index is 13.3. The maximum atomic E-state index is 13.3. The number of carbonyl (C=O) groups excluding carboxylic acids is 1. The highest BCUT2D eigenvalue weighted by Crippen LogP contribution is 2.34. The van der Waals surface area contributed by atoms with Crippen LogP contribution in [-0.4, -0.2) is 33.4 Å². The van der Waals surface area contributed by atoms with Crippen LogP contribution in [0.4, 0.5) is 0 Å². The molecule has 0 saturated carbocycles. The first-order chi connectivity index (χ1) is 13.2. The normalized spacial score (nSPS) is 17.7. The van der Waals surface area contributed by atoms with Gasteiger partial charge in [0.25, 0.3) is 5.91 Å². The number of benzene rings is 2. The van der Waals surface area contributed by atoms with E-state index in [0.29, 0.717) is 5.92 Å². The Kier molecular flexibility index (Phi) is 3.97. The molecule has 0 bridgehead atoms. The highest BCUT2D eigenvalue weighted by molar-refractivity contribution is 7.18. The molecule has 1 amide bonds. The van der Waals surface area contributed by atoms with Crippen molar-refractivity contribution < 1.29 is 4.79 Å². The van der Waals surface area contributed by atoms with Gasteiger partial charge < -0.3 is 9.47 Å². The van der Waals surface area contributed by atoms with E-state index in [9.17, 15) is 4.79 Å². The van der Waals surface area contributed by atoms with Crippen molar-refractivity contribution in [2.45, 2.75) is 18.8 Å². The predicted molar refractivity (Wildman–Crippen MR) is 110 cm³/mol. The molecule has 4 aromatic rings. The molecule has 1 unspecified atom stereocenters. The van der Waals surface area contributed by atoms with Crippen molar-refractivity contribution in [3.05, 3.63) is 65.3 Å². The number of likely N-dealkylation sites (tertiary alicyclic amines) is 1. The third kappa shape index (κ3) is 2.82. The molecule has 2 aromatic carbocycles. The van der Waals surface area contributed by atoms with Crippen molar-refractivity contribution in [3.8, 4) is 0 Å². The van der Waals surface area contributed by atoms with Crippen molar-refractivity contribution in [3.63, 3.8) is 0 Å². The summed E-state index contributed by atoms with van der Waals surface area (Å²) in [6.45, 7) is 1.57. The summed E-state index contributed by atoms with van der Waals surface area (Å²) in [5, 5.41) is 2.19. The molecule has 1 aliphatic rings. The molecule has 1 atom stereocenters. The Morgan fingerprint density at radius 3 is 2.85 bits per heavy atom. The van der Waals surface area contributed by atoms with Gasteiger partial charge in [-0.05, 0) is 31.0 Å². The van der Waals surface area contributed by atoms with Gasteiger partial charge >= 0.3 is 0 Å². The molecule has 1 saturated heterocycles. The monoisotopic (exact) mass is 375 g/mol. The lowest BCUT2D eigenvalue weighted by atomic mass is 9.98. The molecule has 0 spiro atoms. The highest BCUT2D eigenvalue weighted by atomic mass is 32.1. The van der Waals surface area contributed by atoms with Gasteiger partial charge in [0.1, 0.15) is 0 Å². The number of amides is 1. The molecule has 0 radical (unpaired) electrons. The second-order valence-electron chi connectivity index (χ2n) is 7.28. The zero-order valence-corrected chi connectivity index (χ0v) is 16.1. The first-order valence-electron chi connectivity index (χ1n) is 9.39. The van der Waals surface area contributed by atoms with Crippen molar-refractivity contribution in [2.75, 3.05) is 13.1 Å². The number of rotatable bonds is 2. The zero-order chi connectivity index (χ0) is 18.4. The maximum Gasteiger partial charge on any atom is 0.256 e. The number of nitrogens with zero attached hydrogens (tertiary/aromatic N) is 3. The summed E-state index contributed by atoms with van der Waals surface area (Å²) >= 11 is 1.77. The fourth-order valence-corrected chi connectivity index (χ4v) is 5.20. The minimum absolute atomic E-state index is 0.137. The van der Waals surface area contributed by atoms with Crippen LogP contribution in [0.25, 0.3) is 21.1 Å². The van der Waals surface area contributed by atoms with Gasteiger partial charge in [0.05, 0.1) is 20.8 Å². The van der Waals surface area contributed by atoms with E-state index in [2.05, 4.69) is 24.3 Å². The number of aryl methyl sites for hydroxylation is 1. The largest absolute Gasteiger partial charge is 0.350 e. The van der Waals surface area contributed by atoms with Crippen LogP contribution < -0.4 is 0 Å². The predicted octanol–water partition coefficient (Wildman–Crippen LogP) is 4.81. The van der Waals surface area contributed by atoms with Crippen LogP contribution in [-0.2, 0) is 7.05 Å². The molecule has 0 N–H and O–H groups in total. The summed E-state index contributed by atoms with van der Waals surface area (Å²) in [5.74, 6) is 0.465. The van der Waals surface area contributed by atoms with Gasteiger partial charge in [0.15, 0.2) is 0 Å². The number of thiazole rings is 1. The van der Waals surface area contributed by atoms with Crippen molar-refractivity contribution >= 4 is 38.4 Å². The topological polar surface area (TPSA) is 38.1 Å². The van der Waals surface area contributed by atoms with Gasteiger partial charge in [-0.25, -0.2) is 4.98 Å². The summed E-state index contributed by atoms with van der Waals surface area (Å²) in [6, 6.07) is 16.4. The number of hydrogen-bond donors (Lipinski definition) is 0. The summed E-state index contributed by atoms with van der Waals surface area (Å²) in [5.41, 5.74) is 2.97. The Balaban J connectivity index is 1.44. The fraction of sp³-hybridized carbons (Fsp3) is 0.273. The first kappa shape index (κ1) is 16.5. The van der Waals surface area contributed by atoms with Crippen LogP contribution in [0.1, 0.15) is 34.1 Å². The lowest BCUT2D eigenvalue weighted by molar-refractivity contribution is 0.0709. The van der Waals surface area contributed by atoms with Crippen LogP contribution in [0, 0.1) is 0 Å². The van der Waals surface area contributed by atoms with Gasteiger partial charge in [-0.2, -0.15) is 0 Å². The molecule has 27 heavy (non-hydrogen) atoms. The standard InChI is InChI=1S/C22H21N3OS/c1-24-14-17(16-8-2-4-10-19(16)24)22(26)25-12-6-7-15(13-25)21-23-18-9-3-5-11-20(18)27-21/h2-5,8-11,14-15H,6-7,12-13H2,1H3. The van der Waals surface area contributed by atoms with E-state index in [4.69, 9.17) is 4.98 Å². The van der Waals surface area contributed by atoms with Gasteiger partial charge in [-0.1, -0.05) is 30.3 Å². The van der Waals surface area contributed by atoms with Crippen LogP contribution in [0.5, 0.6) is 0 Å². The second kappa shape index (κ2) is 6.50. The Hall–Kier alpha value is -2.66. The lowest BCUT2D eigenvalue weighted by Gasteiger charge is -2.31. The molecule has 1 aliphatic heterocycles. The SMILES string of the molecule is Cn1cc(C(=O)N2CCCC(c3nc4ccccc4s3)C2)c2ccccc21. The van der Waals surface area contributed by atoms with Gasteiger partial charge in [0.2, 0.25) is 0 Å². The number of carbonyl (C=O) groups is 1. The fourth-order valence-electron chi connectivity index (χ4n) is 4.11. The Morgan fingerprint density at radius 1 is 1.15 bits per heavy atom. The van der Waals surface area contributed by atoms with Gasteiger partial charge in [0, 0.05) is 43.2 Å². The lowest BCUT2D eigenvalue weighted by Crippen LogP contribution is -2.39. The van der Waals surface area contributed by atoms with Crippen LogP contribution in [0.2, 0.25) is 0 Å². The first-order valence-corrected chi connectivity index (χ1v) is 10.2. The molecule has 5 rings (SSSR count). The zero-order valence-electron chi connectivity index (χ0n) is 15.3. The number of hydrogen-bond acceptors (Lipinski definition) is 3. The molecule has 2 aromatic heterocycles. The highest BCUT2D eigenvalue weighted by Gasteiger charge is 2.28. The third-order valence-electron chi connectivity index (χ3n) is 5.50. The number of piperidine rings is 1. The van der Waals surface area contributed by atoms with Crippen molar-refractivity contribution in [1.29, 1.82) is 0 Å². The minimum Gasteiger partial charge on any atom is -0.350 e. The summed E-state index contributed by atoms with van der Waals surface area (Å²) in [4.78, 5) is 20.1. The summed E-state index contributed by atoms with van der Waals surface area (Å²) in [6.07, 6.45) is 4.09. The van der Waals surface area contributed by atoms with Crippen LogP contribution in [0.15, 0.2) is 54.7 Å². The number of aromatic nitrogens is 2. The van der Waals surface area contributed by atoms with E-state index < -0.39 is 0 Å². The summed E-state index contributed by atoms with van der Waals surface area (Å²) < 4.78 is 3.27. The van der Waals surface area contributed by atoms with Crippen molar-refractivity contribution in [1.82, 2.24) is 14.5 Å². The number of para-hydroxylation sites is 2. The quantitative estimate of drug-likeness (QED) is 0.504. The van der Waals surface area contributed by atoms with E-state index in [1.54, 1.807) is 11.3 Å². The third-order valence-corrected chi connectivity index (χ3v) is 6.69. The smallest absolute Gasteiger partial charge is 0.256 e. The second-order valence-corrected chi connectivity index (χ2v) is 8.34. The molecule has 3 heterocycles. The molecular formula is C22H21N3OS. The Morgan fingerprint density at radius 2 is 1.96 bits per heavy atom.